The molecule has 1 aliphatic carbocycles. The molecule has 2 N–H and O–H groups in total. The summed E-state index contributed by atoms with van der Waals surface area (Å²) in [4.78, 5) is 15.9. The van der Waals surface area contributed by atoms with E-state index >= 15 is 0 Å². The number of benzene rings is 2. The molecular weight excluding hydrogens is 308 g/mol. The molecule has 1 aromatic heterocycles. The van der Waals surface area contributed by atoms with Crippen LogP contribution in [0.2, 0.25) is 0 Å². The van der Waals surface area contributed by atoms with Gasteiger partial charge in [0.1, 0.15) is 5.69 Å². The number of hydrogen-bond acceptors (Lipinski definition) is 1. The summed E-state index contributed by atoms with van der Waals surface area (Å²) in [6.45, 7) is 4.10. The minimum Gasteiger partial charge on any atom is -0.351 e. The van der Waals surface area contributed by atoms with E-state index in [2.05, 4.69) is 53.6 Å². The predicted molar refractivity (Wildman–Crippen MR) is 103 cm³/mol. The van der Waals surface area contributed by atoms with Crippen molar-refractivity contribution >= 4 is 22.9 Å². The zero-order valence-corrected chi connectivity index (χ0v) is 14.6. The molecule has 0 saturated heterocycles. The molecule has 0 bridgehead atoms. The van der Waals surface area contributed by atoms with Crippen LogP contribution in [0.4, 0.5) is 0 Å². The monoisotopic (exact) mass is 330 g/mol. The Balaban J connectivity index is 1.59. The van der Waals surface area contributed by atoms with E-state index in [1.807, 2.05) is 25.1 Å². The van der Waals surface area contributed by atoms with Crippen molar-refractivity contribution in [3.05, 3.63) is 76.5 Å². The molecule has 3 aromatic rings. The lowest BCUT2D eigenvalue weighted by Gasteiger charge is -2.20. The quantitative estimate of drug-likeness (QED) is 0.703. The number of aromatic amines is 1. The lowest BCUT2D eigenvalue weighted by Crippen LogP contribution is -2.27. The molecule has 0 fully saturated rings. The number of aromatic nitrogens is 1. The molecule has 0 spiro atoms. The summed E-state index contributed by atoms with van der Waals surface area (Å²) in [5.74, 6) is -0.0706. The van der Waals surface area contributed by atoms with Gasteiger partial charge in [-0.15, -0.1) is 0 Å². The summed E-state index contributed by atoms with van der Waals surface area (Å²) in [6, 6.07) is 14.4. The third-order valence-corrected chi connectivity index (χ3v) is 4.93. The average Bonchev–Trinajstić information content (AvgIpc) is 3.04. The number of rotatable bonds is 3. The Morgan fingerprint density at radius 3 is 2.96 bits per heavy atom. The Bertz CT molecular complexity index is 981. The molecule has 2 aromatic carbocycles. The van der Waals surface area contributed by atoms with Crippen molar-refractivity contribution in [2.75, 3.05) is 0 Å². The van der Waals surface area contributed by atoms with Crippen LogP contribution in [-0.2, 0) is 6.42 Å². The first kappa shape index (κ1) is 15.7. The van der Waals surface area contributed by atoms with Gasteiger partial charge in [0.25, 0.3) is 5.91 Å². The molecule has 126 valence electrons. The summed E-state index contributed by atoms with van der Waals surface area (Å²) < 4.78 is 0. The molecule has 25 heavy (non-hydrogen) atoms. The number of H-pyrrole nitrogens is 1. The molecule has 4 rings (SSSR count). The summed E-state index contributed by atoms with van der Waals surface area (Å²) in [5.41, 5.74) is 6.58. The topological polar surface area (TPSA) is 44.9 Å². The van der Waals surface area contributed by atoms with Gasteiger partial charge in [-0.05, 0) is 61.6 Å². The van der Waals surface area contributed by atoms with Gasteiger partial charge in [0.15, 0.2) is 0 Å². The zero-order valence-electron chi connectivity index (χ0n) is 14.6. The number of hydrogen-bond donors (Lipinski definition) is 2. The van der Waals surface area contributed by atoms with Gasteiger partial charge in [-0.3, -0.25) is 4.79 Å². The summed E-state index contributed by atoms with van der Waals surface area (Å²) in [5, 5.41) is 4.20. The number of carbonyl (C=O) groups excluding carboxylic acids is 1. The van der Waals surface area contributed by atoms with Gasteiger partial charge in [0, 0.05) is 10.9 Å². The highest BCUT2D eigenvalue weighted by Gasteiger charge is 2.17. The standard InChI is InChI=1S/C22H22N2O/c1-14-10-11-20-17(12-14)13-21(24-20)22(25)23-15(2)18-9-5-7-16-6-3-4-8-19(16)18/h4-5,7-13,15,24H,3,6H2,1-2H3,(H,23,25)/t15-/m1/s1. The predicted octanol–water partition coefficient (Wildman–Crippen LogP) is 4.93. The fourth-order valence-corrected chi connectivity index (χ4v) is 3.60. The minimum absolute atomic E-state index is 0.0432. The van der Waals surface area contributed by atoms with E-state index in [9.17, 15) is 4.79 Å². The van der Waals surface area contributed by atoms with E-state index in [0.29, 0.717) is 5.69 Å². The SMILES string of the molecule is Cc1ccc2[nH]c(C(=O)N[C@H](C)c3cccc4c3C=CCC4)cc2c1. The van der Waals surface area contributed by atoms with E-state index in [4.69, 9.17) is 0 Å². The van der Waals surface area contributed by atoms with Crippen LogP contribution >= 0.6 is 0 Å². The smallest absolute Gasteiger partial charge is 0.268 e. The second kappa shape index (κ2) is 6.25. The highest BCUT2D eigenvalue weighted by molar-refractivity contribution is 5.98. The molecule has 1 amide bonds. The van der Waals surface area contributed by atoms with Gasteiger partial charge in [-0.2, -0.15) is 0 Å². The van der Waals surface area contributed by atoms with Gasteiger partial charge in [-0.25, -0.2) is 0 Å². The van der Waals surface area contributed by atoms with Crippen LogP contribution in [-0.4, -0.2) is 10.9 Å². The fourth-order valence-electron chi connectivity index (χ4n) is 3.60. The van der Waals surface area contributed by atoms with Crippen molar-refractivity contribution in [1.29, 1.82) is 0 Å². The summed E-state index contributed by atoms with van der Waals surface area (Å²) >= 11 is 0. The molecule has 1 atom stereocenters. The number of fused-ring (bicyclic) bond motifs is 2. The summed E-state index contributed by atoms with van der Waals surface area (Å²) in [6.07, 6.45) is 6.55. The van der Waals surface area contributed by atoms with Crippen LogP contribution < -0.4 is 5.32 Å². The molecule has 1 aliphatic rings. The van der Waals surface area contributed by atoms with Crippen molar-refractivity contribution in [1.82, 2.24) is 10.3 Å². The maximum Gasteiger partial charge on any atom is 0.268 e. The van der Waals surface area contributed by atoms with Gasteiger partial charge in [-0.1, -0.05) is 42.0 Å². The largest absolute Gasteiger partial charge is 0.351 e. The highest BCUT2D eigenvalue weighted by atomic mass is 16.1. The molecule has 0 aliphatic heterocycles. The first-order valence-corrected chi connectivity index (χ1v) is 8.80. The van der Waals surface area contributed by atoms with Crippen molar-refractivity contribution in [3.63, 3.8) is 0 Å². The van der Waals surface area contributed by atoms with E-state index < -0.39 is 0 Å². The Morgan fingerprint density at radius 2 is 2.08 bits per heavy atom. The normalized spacial score (nSPS) is 14.3. The van der Waals surface area contributed by atoms with E-state index in [-0.39, 0.29) is 11.9 Å². The molecule has 1 heterocycles. The van der Waals surface area contributed by atoms with E-state index in [0.717, 1.165) is 23.7 Å². The molecular formula is C22H22N2O. The van der Waals surface area contributed by atoms with Crippen molar-refractivity contribution in [3.8, 4) is 0 Å². The van der Waals surface area contributed by atoms with Crippen LogP contribution in [0, 0.1) is 6.92 Å². The molecule has 0 radical (unpaired) electrons. The fraction of sp³-hybridized carbons (Fsp3) is 0.227. The average molecular weight is 330 g/mol. The van der Waals surface area contributed by atoms with Crippen molar-refractivity contribution in [2.24, 2.45) is 0 Å². The Kier molecular flexibility index (Phi) is 3.92. The lowest BCUT2D eigenvalue weighted by molar-refractivity contribution is 0.0935. The van der Waals surface area contributed by atoms with Gasteiger partial charge >= 0.3 is 0 Å². The number of allylic oxidation sites excluding steroid dienone is 1. The molecule has 0 unspecified atom stereocenters. The zero-order chi connectivity index (χ0) is 17.4. The first-order chi connectivity index (χ1) is 12.1. The van der Waals surface area contributed by atoms with Crippen molar-refractivity contribution < 1.29 is 4.79 Å². The third kappa shape index (κ3) is 2.98. The number of amides is 1. The van der Waals surface area contributed by atoms with Crippen LogP contribution in [0.1, 0.15) is 52.1 Å². The second-order valence-electron chi connectivity index (χ2n) is 6.83. The second-order valence-corrected chi connectivity index (χ2v) is 6.83. The maximum atomic E-state index is 12.7. The minimum atomic E-state index is -0.0706. The summed E-state index contributed by atoms with van der Waals surface area (Å²) in [7, 11) is 0. The Hall–Kier alpha value is -2.81. The Labute approximate surface area is 147 Å². The number of aryl methyl sites for hydroxylation is 2. The maximum absolute atomic E-state index is 12.7. The molecule has 3 nitrogen and oxygen atoms in total. The first-order valence-electron chi connectivity index (χ1n) is 8.80. The lowest BCUT2D eigenvalue weighted by atomic mass is 9.90. The molecule has 0 saturated carbocycles. The number of carbonyl (C=O) groups is 1. The van der Waals surface area contributed by atoms with Gasteiger partial charge in [0.05, 0.1) is 6.04 Å². The third-order valence-electron chi connectivity index (χ3n) is 4.93. The van der Waals surface area contributed by atoms with Crippen LogP contribution in [0.3, 0.4) is 0 Å². The Morgan fingerprint density at radius 1 is 1.20 bits per heavy atom. The molecule has 3 heteroatoms. The van der Waals surface area contributed by atoms with E-state index in [1.165, 1.54) is 22.3 Å². The van der Waals surface area contributed by atoms with Crippen LogP contribution in [0.15, 0.2) is 48.5 Å². The van der Waals surface area contributed by atoms with Crippen LogP contribution in [0.25, 0.3) is 17.0 Å². The van der Waals surface area contributed by atoms with Crippen molar-refractivity contribution in [2.45, 2.75) is 32.7 Å². The van der Waals surface area contributed by atoms with Gasteiger partial charge < -0.3 is 10.3 Å². The van der Waals surface area contributed by atoms with Gasteiger partial charge in [0.2, 0.25) is 0 Å². The van der Waals surface area contributed by atoms with Crippen LogP contribution in [0.5, 0.6) is 0 Å². The van der Waals surface area contributed by atoms with E-state index in [1.54, 1.807) is 0 Å². The number of nitrogens with one attached hydrogen (secondary N) is 2. The highest BCUT2D eigenvalue weighted by Crippen LogP contribution is 2.27.